The molecule has 4 nitrogen and oxygen atoms in total. The fourth-order valence-electron chi connectivity index (χ4n) is 2.61. The minimum atomic E-state index is -1.67. The first-order chi connectivity index (χ1) is 12.8. The van der Waals surface area contributed by atoms with Crippen LogP contribution in [-0.2, 0) is 6.54 Å². The molecule has 0 aliphatic rings. The van der Waals surface area contributed by atoms with Crippen molar-refractivity contribution in [2.45, 2.75) is 13.5 Å². The molecule has 0 saturated heterocycles. The van der Waals surface area contributed by atoms with E-state index in [4.69, 9.17) is 0 Å². The molecule has 1 amide bonds. The van der Waals surface area contributed by atoms with Crippen LogP contribution in [0.15, 0.2) is 59.5 Å². The number of rotatable bonds is 4. The number of hydrogen-bond acceptors (Lipinski definition) is 2. The number of pyridine rings is 1. The fourth-order valence-corrected chi connectivity index (χ4v) is 2.61. The number of aryl methyl sites for hydroxylation is 1. The van der Waals surface area contributed by atoms with Crippen molar-refractivity contribution in [2.75, 3.05) is 5.32 Å². The number of carbonyl (C=O) groups excluding carboxylic acids is 1. The van der Waals surface area contributed by atoms with Crippen LogP contribution in [-0.4, -0.2) is 10.5 Å². The minimum absolute atomic E-state index is 0.0754. The molecule has 0 spiro atoms. The van der Waals surface area contributed by atoms with Crippen LogP contribution in [0.25, 0.3) is 0 Å². The summed E-state index contributed by atoms with van der Waals surface area (Å²) in [5.74, 6) is -5.26. The highest BCUT2D eigenvalue weighted by Crippen LogP contribution is 2.20. The van der Waals surface area contributed by atoms with Crippen molar-refractivity contribution in [1.29, 1.82) is 0 Å². The standard InChI is InChI=1S/C20H15F3N2O2/c1-12-3-2-4-13(9-12)10-25-11-14(5-8-17(25)26)20(27)24-16-7-6-15(21)18(22)19(16)23/h2-9,11H,10H2,1H3,(H,24,27). The van der Waals surface area contributed by atoms with E-state index in [-0.39, 0.29) is 17.7 Å². The largest absolute Gasteiger partial charge is 0.319 e. The Hall–Kier alpha value is -3.35. The molecule has 138 valence electrons. The Balaban J connectivity index is 1.86. The van der Waals surface area contributed by atoms with Gasteiger partial charge in [0.2, 0.25) is 0 Å². The zero-order valence-corrected chi connectivity index (χ0v) is 14.3. The highest BCUT2D eigenvalue weighted by molar-refractivity contribution is 6.04. The SMILES string of the molecule is Cc1cccc(Cn2cc(C(=O)Nc3ccc(F)c(F)c3F)ccc2=O)c1. The topological polar surface area (TPSA) is 51.1 Å². The minimum Gasteiger partial charge on any atom is -0.319 e. The lowest BCUT2D eigenvalue weighted by Gasteiger charge is -2.10. The summed E-state index contributed by atoms with van der Waals surface area (Å²) in [5, 5.41) is 2.18. The maximum Gasteiger partial charge on any atom is 0.257 e. The Morgan fingerprint density at radius 1 is 1.04 bits per heavy atom. The predicted octanol–water partition coefficient (Wildman–Crippen LogP) is 3.87. The smallest absolute Gasteiger partial charge is 0.257 e. The lowest BCUT2D eigenvalue weighted by molar-refractivity contribution is 0.102. The van der Waals surface area contributed by atoms with E-state index in [0.717, 1.165) is 17.2 Å². The summed E-state index contributed by atoms with van der Waals surface area (Å²) in [7, 11) is 0. The molecule has 0 radical (unpaired) electrons. The van der Waals surface area contributed by atoms with Crippen molar-refractivity contribution in [3.05, 3.63) is 99.2 Å². The molecule has 0 aliphatic heterocycles. The van der Waals surface area contributed by atoms with Crippen LogP contribution in [0.4, 0.5) is 18.9 Å². The van der Waals surface area contributed by atoms with Crippen LogP contribution in [0.1, 0.15) is 21.5 Å². The molecular formula is C20H15F3N2O2. The number of aromatic nitrogens is 1. The molecule has 0 aliphatic carbocycles. The third-order valence-electron chi connectivity index (χ3n) is 3.96. The predicted molar refractivity (Wildman–Crippen MR) is 95.3 cm³/mol. The summed E-state index contributed by atoms with van der Waals surface area (Å²) >= 11 is 0. The van der Waals surface area contributed by atoms with Gasteiger partial charge in [-0.25, -0.2) is 13.2 Å². The van der Waals surface area contributed by atoms with E-state index in [2.05, 4.69) is 5.32 Å². The zero-order valence-electron chi connectivity index (χ0n) is 14.3. The van der Waals surface area contributed by atoms with Crippen molar-refractivity contribution in [3.8, 4) is 0 Å². The first kappa shape index (κ1) is 18.4. The van der Waals surface area contributed by atoms with Gasteiger partial charge < -0.3 is 9.88 Å². The Bertz CT molecular complexity index is 1080. The molecule has 27 heavy (non-hydrogen) atoms. The van der Waals surface area contributed by atoms with Gasteiger partial charge in [0, 0.05) is 12.3 Å². The normalized spacial score (nSPS) is 10.7. The molecule has 0 unspecified atom stereocenters. The van der Waals surface area contributed by atoms with Gasteiger partial charge in [0.1, 0.15) is 0 Å². The van der Waals surface area contributed by atoms with Gasteiger partial charge in [-0.2, -0.15) is 0 Å². The Morgan fingerprint density at radius 2 is 1.81 bits per heavy atom. The van der Waals surface area contributed by atoms with Crippen molar-refractivity contribution in [2.24, 2.45) is 0 Å². The molecule has 3 aromatic rings. The second-order valence-electron chi connectivity index (χ2n) is 6.05. The number of nitrogens with zero attached hydrogens (tertiary/aromatic N) is 1. The van der Waals surface area contributed by atoms with Gasteiger partial charge in [0.25, 0.3) is 11.5 Å². The molecule has 1 heterocycles. The van der Waals surface area contributed by atoms with E-state index < -0.39 is 29.0 Å². The van der Waals surface area contributed by atoms with Gasteiger partial charge in [-0.1, -0.05) is 29.8 Å². The lowest BCUT2D eigenvalue weighted by Crippen LogP contribution is -2.23. The number of anilines is 1. The summed E-state index contributed by atoms with van der Waals surface area (Å²) in [4.78, 5) is 24.4. The molecule has 1 aromatic heterocycles. The summed E-state index contributed by atoms with van der Waals surface area (Å²) in [6, 6.07) is 11.7. The van der Waals surface area contributed by atoms with Gasteiger partial charge in [0.05, 0.1) is 17.8 Å². The van der Waals surface area contributed by atoms with E-state index in [9.17, 15) is 22.8 Å². The summed E-state index contributed by atoms with van der Waals surface area (Å²) in [6.07, 6.45) is 1.33. The average Bonchev–Trinajstić information content (AvgIpc) is 2.64. The Morgan fingerprint density at radius 3 is 2.56 bits per heavy atom. The van der Waals surface area contributed by atoms with Crippen LogP contribution < -0.4 is 10.9 Å². The molecular weight excluding hydrogens is 357 g/mol. The van der Waals surface area contributed by atoms with Crippen LogP contribution >= 0.6 is 0 Å². The number of halogens is 3. The maximum atomic E-state index is 13.7. The quantitative estimate of drug-likeness (QED) is 0.707. The molecule has 1 N–H and O–H groups in total. The van der Waals surface area contributed by atoms with Gasteiger partial charge in [-0.3, -0.25) is 9.59 Å². The van der Waals surface area contributed by atoms with Crippen molar-refractivity contribution in [3.63, 3.8) is 0 Å². The second kappa shape index (κ2) is 7.49. The molecule has 2 aromatic carbocycles. The number of amides is 1. The van der Waals surface area contributed by atoms with E-state index in [1.807, 2.05) is 31.2 Å². The van der Waals surface area contributed by atoms with E-state index >= 15 is 0 Å². The van der Waals surface area contributed by atoms with E-state index in [1.165, 1.54) is 22.9 Å². The molecule has 7 heteroatoms. The Labute approximate surface area is 152 Å². The number of nitrogens with one attached hydrogen (secondary N) is 1. The summed E-state index contributed by atoms with van der Waals surface area (Å²) in [6.45, 7) is 2.17. The number of hydrogen-bond donors (Lipinski definition) is 1. The first-order valence-electron chi connectivity index (χ1n) is 8.06. The van der Waals surface area contributed by atoms with Crippen molar-refractivity contribution >= 4 is 11.6 Å². The van der Waals surface area contributed by atoms with E-state index in [0.29, 0.717) is 6.07 Å². The fraction of sp³-hybridized carbons (Fsp3) is 0.100. The number of benzene rings is 2. The third kappa shape index (κ3) is 4.08. The van der Waals surface area contributed by atoms with Crippen LogP contribution in [0, 0.1) is 24.4 Å². The molecule has 3 rings (SSSR count). The maximum absolute atomic E-state index is 13.7. The Kier molecular flexibility index (Phi) is 5.12. The van der Waals surface area contributed by atoms with Crippen molar-refractivity contribution in [1.82, 2.24) is 4.57 Å². The van der Waals surface area contributed by atoms with Gasteiger partial charge >= 0.3 is 0 Å². The van der Waals surface area contributed by atoms with Gasteiger partial charge in [0.15, 0.2) is 17.5 Å². The molecule has 0 atom stereocenters. The van der Waals surface area contributed by atoms with Crippen LogP contribution in [0.2, 0.25) is 0 Å². The van der Waals surface area contributed by atoms with Crippen LogP contribution in [0.5, 0.6) is 0 Å². The van der Waals surface area contributed by atoms with Gasteiger partial charge in [-0.15, -0.1) is 0 Å². The summed E-state index contributed by atoms with van der Waals surface area (Å²) in [5.41, 5.74) is 1.18. The van der Waals surface area contributed by atoms with Gasteiger partial charge in [-0.05, 0) is 30.7 Å². The van der Waals surface area contributed by atoms with Crippen LogP contribution in [0.3, 0.4) is 0 Å². The van der Waals surface area contributed by atoms with Crippen molar-refractivity contribution < 1.29 is 18.0 Å². The average molecular weight is 372 g/mol. The zero-order chi connectivity index (χ0) is 19.6. The van der Waals surface area contributed by atoms with E-state index in [1.54, 1.807) is 0 Å². The molecule has 0 bridgehead atoms. The lowest BCUT2D eigenvalue weighted by atomic mass is 10.1. The highest BCUT2D eigenvalue weighted by atomic mass is 19.2. The highest BCUT2D eigenvalue weighted by Gasteiger charge is 2.16. The second-order valence-corrected chi connectivity index (χ2v) is 6.05. The molecule has 0 fully saturated rings. The molecule has 0 saturated carbocycles. The first-order valence-corrected chi connectivity index (χ1v) is 8.06. The monoisotopic (exact) mass is 372 g/mol. The third-order valence-corrected chi connectivity index (χ3v) is 3.96. The number of carbonyl (C=O) groups is 1. The summed E-state index contributed by atoms with van der Waals surface area (Å²) < 4.78 is 41.3.